The van der Waals surface area contributed by atoms with Crippen molar-refractivity contribution < 1.29 is 9.53 Å². The van der Waals surface area contributed by atoms with Crippen molar-refractivity contribution in [1.82, 2.24) is 0 Å². The molecule has 1 atom stereocenters. The molecule has 0 saturated carbocycles. The highest BCUT2D eigenvalue weighted by molar-refractivity contribution is 7.80. The minimum Gasteiger partial charge on any atom is -0.447 e. The molecule has 0 N–H and O–H groups in total. The molecule has 0 aromatic carbocycles. The number of rotatable bonds is 2. The second-order valence-corrected chi connectivity index (χ2v) is 2.42. The molecule has 0 aliphatic rings. The van der Waals surface area contributed by atoms with Crippen LogP contribution in [0.1, 0.15) is 13.8 Å². The average molecular weight is 145 g/mol. The Morgan fingerprint density at radius 2 is 2.22 bits per heavy atom. The van der Waals surface area contributed by atoms with Crippen LogP contribution in [0.15, 0.2) is 12.2 Å². The molecule has 3 heteroatoms. The maximum atomic E-state index is 10.6. The van der Waals surface area contributed by atoms with E-state index in [2.05, 4.69) is 23.9 Å². The van der Waals surface area contributed by atoms with Gasteiger partial charge in [-0.05, 0) is 26.5 Å². The highest BCUT2D eigenvalue weighted by atomic mass is 32.1. The Kier molecular flexibility index (Phi) is 3.39. The lowest BCUT2D eigenvalue weighted by Crippen LogP contribution is -2.09. The maximum absolute atomic E-state index is 10.6. The van der Waals surface area contributed by atoms with Crippen LogP contribution in [-0.2, 0) is 9.53 Å². The van der Waals surface area contributed by atoms with E-state index in [1.807, 2.05) is 0 Å². The zero-order valence-corrected chi connectivity index (χ0v) is 6.33. The summed E-state index contributed by atoms with van der Waals surface area (Å²) in [5.41, 5.74) is -0.0825. The normalized spacial score (nSPS) is 12.3. The van der Waals surface area contributed by atoms with E-state index in [0.717, 1.165) is 0 Å². The van der Waals surface area contributed by atoms with Crippen molar-refractivity contribution in [2.75, 3.05) is 0 Å². The molecule has 0 rings (SSSR count). The number of ether oxygens (including phenoxy) is 1. The van der Waals surface area contributed by atoms with Crippen LogP contribution in [0.2, 0.25) is 0 Å². The van der Waals surface area contributed by atoms with Crippen LogP contribution >= 0.6 is 12.6 Å². The Hall–Kier alpha value is -0.440. The van der Waals surface area contributed by atoms with Gasteiger partial charge in [0, 0.05) is 5.57 Å². The van der Waals surface area contributed by atoms with Crippen molar-refractivity contribution in [3.8, 4) is 0 Å². The van der Waals surface area contributed by atoms with Crippen LogP contribution in [0.5, 0.6) is 0 Å². The molecule has 0 bridgehead atoms. The third-order valence-corrected chi connectivity index (χ3v) is 0.718. The van der Waals surface area contributed by atoms with E-state index in [-0.39, 0.29) is 0 Å². The first-order chi connectivity index (χ1) is 4.04. The predicted octanol–water partition coefficient (Wildman–Crippen LogP) is 1.65. The van der Waals surface area contributed by atoms with Crippen molar-refractivity contribution in [1.29, 1.82) is 0 Å². The van der Waals surface area contributed by atoms with Crippen molar-refractivity contribution in [2.24, 2.45) is 0 Å². The van der Waals surface area contributed by atoms with Crippen molar-refractivity contribution in [3.63, 3.8) is 0 Å². The summed E-state index contributed by atoms with van der Waals surface area (Å²) in [6.07, 6.45) is 0. The summed E-state index contributed by atoms with van der Waals surface area (Å²) < 4.78 is 4.59. The molecule has 0 aliphatic carbocycles. The van der Waals surface area contributed by atoms with Crippen LogP contribution < -0.4 is 0 Å². The zero-order valence-electron chi connectivity index (χ0n) is 5.51. The second-order valence-electron chi connectivity index (χ2n) is 1.75. The first-order valence-electron chi connectivity index (χ1n) is 2.56. The predicted molar refractivity (Wildman–Crippen MR) is 38.0 cm³/mol. The molecule has 0 aromatic heterocycles. The molecule has 2 nitrogen and oxygen atoms in total. The Morgan fingerprint density at radius 1 is 1.78 bits per heavy atom. The number of hydrogen-bond donors (Lipinski definition) is 0. The fraction of sp³-hybridized carbons (Fsp3) is 0.500. The van der Waals surface area contributed by atoms with Gasteiger partial charge in [-0.15, -0.1) is 0 Å². The summed E-state index contributed by atoms with van der Waals surface area (Å²) in [4.78, 5) is 10.6. The monoisotopic (exact) mass is 145 g/mol. The zero-order chi connectivity index (χ0) is 7.44. The van der Waals surface area contributed by atoms with Crippen LogP contribution in [0.3, 0.4) is 0 Å². The van der Waals surface area contributed by atoms with E-state index in [9.17, 15) is 4.79 Å². The van der Waals surface area contributed by atoms with Crippen LogP contribution in [0.25, 0.3) is 0 Å². The molecule has 51 valence electrons. The van der Waals surface area contributed by atoms with E-state index in [1.165, 1.54) is 0 Å². The largest absolute Gasteiger partial charge is 0.447 e. The van der Waals surface area contributed by atoms with Crippen molar-refractivity contribution in [2.45, 2.75) is 19.3 Å². The molecule has 0 saturated heterocycles. The number of carbonyl (C=O) groups excluding carboxylic acids is 1. The Balaban J connectivity index is 3.65. The van der Waals surface area contributed by atoms with Gasteiger partial charge in [-0.25, -0.2) is 4.79 Å². The smallest absolute Gasteiger partial charge is 0.334 e. The number of esters is 1. The maximum Gasteiger partial charge on any atom is 0.334 e. The second kappa shape index (κ2) is 3.56. The van der Waals surface area contributed by atoms with E-state index in [1.54, 1.807) is 13.8 Å². The van der Waals surface area contributed by atoms with Gasteiger partial charge < -0.3 is 4.74 Å². The molecular weight excluding hydrogens is 136 g/mol. The van der Waals surface area contributed by atoms with E-state index < -0.39 is 11.4 Å². The molecule has 0 spiro atoms. The summed E-state index contributed by atoms with van der Waals surface area (Å²) in [5, 5.41) is 0. The Morgan fingerprint density at radius 3 is 2.33 bits per heavy atom. The summed E-state index contributed by atoms with van der Waals surface area (Å²) in [6, 6.07) is 0. The van der Waals surface area contributed by atoms with Gasteiger partial charge in [-0.3, -0.25) is 0 Å². The average Bonchev–Trinajstić information content (AvgIpc) is 1.63. The minimum absolute atomic E-state index is 0.381. The fourth-order valence-electron chi connectivity index (χ4n) is 0.251. The summed E-state index contributed by atoms with van der Waals surface area (Å²) in [7, 11) is 0. The van der Waals surface area contributed by atoms with E-state index in [0.29, 0.717) is 5.57 Å². The molecule has 0 heterocycles. The summed E-state index contributed by atoms with van der Waals surface area (Å²) >= 11 is 4.59. The van der Waals surface area contributed by atoms with Crippen LogP contribution in [0, 0.1) is 0 Å². The van der Waals surface area contributed by atoms with Crippen molar-refractivity contribution >= 4 is 18.6 Å². The van der Waals surface area contributed by atoms with Gasteiger partial charge >= 0.3 is 5.97 Å². The van der Waals surface area contributed by atoms with Gasteiger partial charge in [0.15, 0.2) is 5.44 Å². The highest BCUT2D eigenvalue weighted by Crippen LogP contribution is 1.99. The number of hydrogen-bond acceptors (Lipinski definition) is 2. The molecule has 0 amide bonds. The van der Waals surface area contributed by atoms with Gasteiger partial charge in [0.05, 0.1) is 0 Å². The topological polar surface area (TPSA) is 26.3 Å². The minimum atomic E-state index is -0.464. The van der Waals surface area contributed by atoms with Gasteiger partial charge in [0.25, 0.3) is 0 Å². The summed E-state index contributed by atoms with van der Waals surface area (Å²) in [6.45, 7) is 6.59. The fourth-order valence-corrected chi connectivity index (χ4v) is 0.339. The quantitative estimate of drug-likeness (QED) is 0.436. The van der Waals surface area contributed by atoms with E-state index in [4.69, 9.17) is 0 Å². The molecule has 0 aromatic rings. The Bertz CT molecular complexity index is 129. The third-order valence-electron chi connectivity index (χ3n) is 0.621. The number of carbonyl (C=O) groups is 1. The van der Waals surface area contributed by atoms with Crippen molar-refractivity contribution in [3.05, 3.63) is 12.2 Å². The first kappa shape index (κ1) is 8.56. The van der Waals surface area contributed by atoms with E-state index >= 15 is 0 Å². The van der Waals surface area contributed by atoms with Crippen LogP contribution in [0.4, 0.5) is 0 Å². The van der Waals surface area contributed by atoms with Gasteiger partial charge in [-0.2, -0.15) is 0 Å². The molecule has 1 radical (unpaired) electrons. The lowest BCUT2D eigenvalue weighted by Gasteiger charge is -2.04. The van der Waals surface area contributed by atoms with Gasteiger partial charge in [-0.1, -0.05) is 6.58 Å². The highest BCUT2D eigenvalue weighted by Gasteiger charge is 2.04. The third kappa shape index (κ3) is 4.09. The molecule has 9 heavy (non-hydrogen) atoms. The molecule has 0 aliphatic heterocycles. The van der Waals surface area contributed by atoms with Gasteiger partial charge in [0.2, 0.25) is 0 Å². The molecule has 0 fully saturated rings. The Labute approximate surface area is 60.3 Å². The van der Waals surface area contributed by atoms with Crippen LogP contribution in [-0.4, -0.2) is 11.4 Å². The lowest BCUT2D eigenvalue weighted by molar-refractivity contribution is -0.139. The molecular formula is C6H9O2S. The SMILES string of the molecule is C=C(C)C(=O)OC(C)[S]. The van der Waals surface area contributed by atoms with Gasteiger partial charge in [0.1, 0.15) is 0 Å². The summed E-state index contributed by atoms with van der Waals surface area (Å²) in [5.74, 6) is -0.419. The first-order valence-corrected chi connectivity index (χ1v) is 3.03. The molecule has 1 unspecified atom stereocenters. The lowest BCUT2D eigenvalue weighted by atomic mass is 10.4. The standard InChI is InChI=1S/C6H9O2S/c1-4(2)6(7)8-5(3)9/h5H,1H2,2-3H3.